The topological polar surface area (TPSA) is 41.5 Å². The molecule has 21 heavy (non-hydrogen) atoms. The number of hydrogen-bond acceptors (Lipinski definition) is 5. The molecule has 2 aliphatic rings. The summed E-state index contributed by atoms with van der Waals surface area (Å²) in [6, 6.07) is 2.76. The number of methoxy groups -OCH3 is 1. The molecule has 2 fully saturated rings. The molecule has 3 heterocycles. The first-order valence-electron chi connectivity index (χ1n) is 7.96. The first-order valence-corrected chi connectivity index (χ1v) is 7.96. The van der Waals surface area contributed by atoms with Gasteiger partial charge in [-0.05, 0) is 45.7 Å². The summed E-state index contributed by atoms with van der Waals surface area (Å²) in [6.07, 6.45) is 3.85. The Morgan fingerprint density at radius 3 is 2.95 bits per heavy atom. The van der Waals surface area contributed by atoms with E-state index in [-0.39, 0.29) is 0 Å². The zero-order chi connectivity index (χ0) is 14.8. The van der Waals surface area contributed by atoms with E-state index in [1.165, 1.54) is 32.4 Å². The summed E-state index contributed by atoms with van der Waals surface area (Å²) >= 11 is 0. The lowest BCUT2D eigenvalue weighted by atomic mass is 9.84. The molecular formula is C16H26N4O. The third kappa shape index (κ3) is 3.19. The maximum absolute atomic E-state index is 5.20. The zero-order valence-electron chi connectivity index (χ0n) is 13.4. The average molecular weight is 290 g/mol. The minimum absolute atomic E-state index is 0.485. The van der Waals surface area contributed by atoms with Crippen molar-refractivity contribution in [3.8, 4) is 0 Å². The number of aromatic nitrogens is 2. The predicted octanol–water partition coefficient (Wildman–Crippen LogP) is 1.85. The highest BCUT2D eigenvalue weighted by Gasteiger charge is 2.35. The van der Waals surface area contributed by atoms with Crippen molar-refractivity contribution in [2.75, 3.05) is 38.7 Å². The summed E-state index contributed by atoms with van der Waals surface area (Å²) in [5.74, 6) is 2.66. The number of rotatable bonds is 3. The Kier molecular flexibility index (Phi) is 4.40. The zero-order valence-corrected chi connectivity index (χ0v) is 13.4. The Morgan fingerprint density at radius 2 is 2.14 bits per heavy atom. The molecule has 1 aromatic heterocycles. The Labute approximate surface area is 127 Å². The number of nitrogens with zero attached hydrogens (tertiary/aromatic N) is 4. The van der Waals surface area contributed by atoms with E-state index >= 15 is 0 Å². The number of anilines is 1. The molecule has 2 unspecified atom stereocenters. The van der Waals surface area contributed by atoms with Crippen molar-refractivity contribution in [1.82, 2.24) is 14.9 Å². The van der Waals surface area contributed by atoms with Gasteiger partial charge in [0.15, 0.2) is 5.82 Å². The van der Waals surface area contributed by atoms with Crippen molar-refractivity contribution in [3.63, 3.8) is 0 Å². The van der Waals surface area contributed by atoms with Gasteiger partial charge in [0.25, 0.3) is 0 Å². The number of piperidine rings is 2. The summed E-state index contributed by atoms with van der Waals surface area (Å²) < 4.78 is 5.20. The summed E-state index contributed by atoms with van der Waals surface area (Å²) in [5, 5.41) is 0. The van der Waals surface area contributed by atoms with Gasteiger partial charge in [-0.3, -0.25) is 0 Å². The van der Waals surface area contributed by atoms with Crippen LogP contribution in [0.5, 0.6) is 0 Å². The van der Waals surface area contributed by atoms with Gasteiger partial charge >= 0.3 is 0 Å². The lowest BCUT2D eigenvalue weighted by Crippen LogP contribution is -2.53. The number of likely N-dealkylation sites (tertiary alicyclic amines) is 1. The SMILES string of the molecule is COCc1nc(C)cc(N2CCCC3CN(C)CCC32)n1. The van der Waals surface area contributed by atoms with Gasteiger partial charge in [-0.15, -0.1) is 0 Å². The molecule has 2 atom stereocenters. The van der Waals surface area contributed by atoms with Crippen LogP contribution in [0.25, 0.3) is 0 Å². The minimum atomic E-state index is 0.485. The van der Waals surface area contributed by atoms with E-state index in [2.05, 4.69) is 27.9 Å². The van der Waals surface area contributed by atoms with Crippen LogP contribution in [0, 0.1) is 12.8 Å². The fourth-order valence-corrected chi connectivity index (χ4v) is 3.82. The molecular weight excluding hydrogens is 264 g/mol. The van der Waals surface area contributed by atoms with Crippen LogP contribution >= 0.6 is 0 Å². The molecule has 0 N–H and O–H groups in total. The molecule has 0 aromatic carbocycles. The summed E-state index contributed by atoms with van der Waals surface area (Å²) in [5.41, 5.74) is 1.03. The maximum atomic E-state index is 5.20. The molecule has 5 heteroatoms. The first kappa shape index (κ1) is 14.7. The second-order valence-corrected chi connectivity index (χ2v) is 6.43. The van der Waals surface area contributed by atoms with Crippen molar-refractivity contribution in [2.24, 2.45) is 5.92 Å². The normalized spacial score (nSPS) is 26.7. The van der Waals surface area contributed by atoms with E-state index in [1.807, 2.05) is 6.92 Å². The Bertz CT molecular complexity index is 493. The van der Waals surface area contributed by atoms with Crippen LogP contribution < -0.4 is 4.90 Å². The Morgan fingerprint density at radius 1 is 1.29 bits per heavy atom. The van der Waals surface area contributed by atoms with Crippen LogP contribution in [0.1, 0.15) is 30.8 Å². The maximum Gasteiger partial charge on any atom is 0.156 e. The lowest BCUT2D eigenvalue weighted by molar-refractivity contribution is 0.153. The highest BCUT2D eigenvalue weighted by atomic mass is 16.5. The summed E-state index contributed by atoms with van der Waals surface area (Å²) in [7, 11) is 3.93. The number of aryl methyl sites for hydroxylation is 1. The fourth-order valence-electron chi connectivity index (χ4n) is 3.82. The Balaban J connectivity index is 1.84. The van der Waals surface area contributed by atoms with Crippen LogP contribution in [0.2, 0.25) is 0 Å². The van der Waals surface area contributed by atoms with Crippen LogP contribution in [-0.4, -0.2) is 54.7 Å². The van der Waals surface area contributed by atoms with Crippen LogP contribution in [-0.2, 0) is 11.3 Å². The van der Waals surface area contributed by atoms with E-state index in [4.69, 9.17) is 9.72 Å². The smallest absolute Gasteiger partial charge is 0.156 e. The van der Waals surface area contributed by atoms with Crippen molar-refractivity contribution in [2.45, 2.75) is 38.8 Å². The fraction of sp³-hybridized carbons (Fsp3) is 0.750. The molecule has 116 valence electrons. The quantitative estimate of drug-likeness (QED) is 0.850. The molecule has 2 saturated heterocycles. The van der Waals surface area contributed by atoms with Gasteiger partial charge in [-0.25, -0.2) is 9.97 Å². The van der Waals surface area contributed by atoms with Crippen LogP contribution in [0.15, 0.2) is 6.07 Å². The molecule has 2 aliphatic heterocycles. The molecule has 0 bridgehead atoms. The number of hydrogen-bond donors (Lipinski definition) is 0. The molecule has 0 radical (unpaired) electrons. The number of fused-ring (bicyclic) bond motifs is 1. The van der Waals surface area contributed by atoms with E-state index in [9.17, 15) is 0 Å². The molecule has 0 spiro atoms. The van der Waals surface area contributed by atoms with Gasteiger partial charge in [0.05, 0.1) is 0 Å². The van der Waals surface area contributed by atoms with Gasteiger partial charge in [-0.1, -0.05) is 0 Å². The van der Waals surface area contributed by atoms with Gasteiger partial charge in [-0.2, -0.15) is 0 Å². The largest absolute Gasteiger partial charge is 0.377 e. The summed E-state index contributed by atoms with van der Waals surface area (Å²) in [6.45, 7) is 6.05. The van der Waals surface area contributed by atoms with Crippen LogP contribution in [0.4, 0.5) is 5.82 Å². The Hall–Kier alpha value is -1.20. The van der Waals surface area contributed by atoms with Gasteiger partial charge in [0, 0.05) is 38.0 Å². The van der Waals surface area contributed by atoms with Crippen molar-refractivity contribution in [3.05, 3.63) is 17.6 Å². The van der Waals surface area contributed by atoms with Crippen molar-refractivity contribution >= 4 is 5.82 Å². The predicted molar refractivity (Wildman–Crippen MR) is 83.5 cm³/mol. The van der Waals surface area contributed by atoms with E-state index in [1.54, 1.807) is 7.11 Å². The van der Waals surface area contributed by atoms with Gasteiger partial charge in [0.1, 0.15) is 12.4 Å². The lowest BCUT2D eigenvalue weighted by Gasteiger charge is -2.47. The third-order valence-electron chi connectivity index (χ3n) is 4.73. The second kappa shape index (κ2) is 6.28. The van der Waals surface area contributed by atoms with Gasteiger partial charge in [0.2, 0.25) is 0 Å². The summed E-state index contributed by atoms with van der Waals surface area (Å²) in [4.78, 5) is 14.2. The van der Waals surface area contributed by atoms with Crippen molar-refractivity contribution in [1.29, 1.82) is 0 Å². The molecule has 3 rings (SSSR count). The monoisotopic (exact) mass is 290 g/mol. The highest BCUT2D eigenvalue weighted by Crippen LogP contribution is 2.33. The third-order valence-corrected chi connectivity index (χ3v) is 4.73. The highest BCUT2D eigenvalue weighted by molar-refractivity contribution is 5.42. The van der Waals surface area contributed by atoms with Crippen LogP contribution in [0.3, 0.4) is 0 Å². The van der Waals surface area contributed by atoms with E-state index in [0.717, 1.165) is 29.8 Å². The van der Waals surface area contributed by atoms with E-state index < -0.39 is 0 Å². The van der Waals surface area contributed by atoms with Crippen molar-refractivity contribution < 1.29 is 4.74 Å². The second-order valence-electron chi connectivity index (χ2n) is 6.43. The molecule has 1 aromatic rings. The standard InChI is InChI=1S/C16H26N4O/c1-12-9-16(18-15(17-12)11-21-3)20-7-4-5-13-10-19(2)8-6-14(13)20/h9,13-14H,4-8,10-11H2,1-3H3. The average Bonchev–Trinajstić information content (AvgIpc) is 2.46. The number of ether oxygens (including phenoxy) is 1. The first-order chi connectivity index (χ1) is 10.2. The molecule has 0 saturated carbocycles. The van der Waals surface area contributed by atoms with Gasteiger partial charge < -0.3 is 14.5 Å². The molecule has 0 aliphatic carbocycles. The van der Waals surface area contributed by atoms with E-state index in [0.29, 0.717) is 12.6 Å². The molecule has 5 nitrogen and oxygen atoms in total. The molecule has 0 amide bonds. The minimum Gasteiger partial charge on any atom is -0.377 e.